The molecule has 1 rings (SSSR count). The molecule has 1 heteroatoms. The molecule has 0 aromatic heterocycles. The van der Waals surface area contributed by atoms with E-state index in [2.05, 4.69) is 26.1 Å². The van der Waals surface area contributed by atoms with Crippen LogP contribution in [0.1, 0.15) is 27.2 Å². The number of hydrogen-bond donors (Lipinski definition) is 0. The van der Waals surface area contributed by atoms with Gasteiger partial charge in [-0.15, -0.1) is 0 Å². The molecule has 1 saturated heterocycles. The van der Waals surface area contributed by atoms with E-state index in [0.717, 1.165) is 18.4 Å². The van der Waals surface area contributed by atoms with Crippen molar-refractivity contribution in [2.24, 2.45) is 11.8 Å². The first-order valence-electron chi connectivity index (χ1n) is 3.86. The lowest BCUT2D eigenvalue weighted by atomic mass is 9.86. The van der Waals surface area contributed by atoms with E-state index in [-0.39, 0.29) is 0 Å². The lowest BCUT2D eigenvalue weighted by Crippen LogP contribution is -2.35. The van der Waals surface area contributed by atoms with Gasteiger partial charge in [0.1, 0.15) is 0 Å². The van der Waals surface area contributed by atoms with Crippen LogP contribution in [-0.2, 0) is 0 Å². The molecule has 1 heterocycles. The van der Waals surface area contributed by atoms with Gasteiger partial charge in [0.05, 0.1) is 0 Å². The van der Waals surface area contributed by atoms with Gasteiger partial charge in [-0.1, -0.05) is 13.8 Å². The molecule has 0 amide bonds. The van der Waals surface area contributed by atoms with Crippen molar-refractivity contribution in [1.29, 1.82) is 0 Å². The number of piperidine rings is 1. The molecule has 0 aromatic rings. The molecule has 53 valence electrons. The van der Waals surface area contributed by atoms with E-state index in [9.17, 15) is 0 Å². The Morgan fingerprint density at radius 2 is 1.78 bits per heavy atom. The summed E-state index contributed by atoms with van der Waals surface area (Å²) in [7, 11) is 0. The zero-order chi connectivity index (χ0) is 6.85. The van der Waals surface area contributed by atoms with E-state index in [4.69, 9.17) is 0 Å². The summed E-state index contributed by atoms with van der Waals surface area (Å²) in [5, 5.41) is 4.46. The van der Waals surface area contributed by atoms with Crippen molar-refractivity contribution < 1.29 is 0 Å². The van der Waals surface area contributed by atoms with Crippen molar-refractivity contribution in [1.82, 2.24) is 5.32 Å². The molecule has 1 nitrogen and oxygen atoms in total. The molecule has 3 unspecified atom stereocenters. The molecule has 0 aliphatic carbocycles. The summed E-state index contributed by atoms with van der Waals surface area (Å²) < 4.78 is 0. The maximum absolute atomic E-state index is 4.46. The second kappa shape index (κ2) is 2.70. The van der Waals surface area contributed by atoms with Gasteiger partial charge < -0.3 is 0 Å². The summed E-state index contributed by atoms with van der Waals surface area (Å²) in [6.45, 7) is 7.92. The Hall–Kier alpha value is -0.0400. The highest BCUT2D eigenvalue weighted by Gasteiger charge is 2.21. The number of nitrogens with zero attached hydrogens (tertiary/aromatic N) is 1. The Labute approximate surface area is 57.8 Å². The SMILES string of the molecule is CC1CC(C)C(C)C[N]1. The molecule has 1 fully saturated rings. The third kappa shape index (κ3) is 1.68. The van der Waals surface area contributed by atoms with Gasteiger partial charge in [0.2, 0.25) is 0 Å². The van der Waals surface area contributed by atoms with E-state index >= 15 is 0 Å². The van der Waals surface area contributed by atoms with Gasteiger partial charge in [-0.25, -0.2) is 5.32 Å². The zero-order valence-corrected chi connectivity index (χ0v) is 6.59. The van der Waals surface area contributed by atoms with Crippen LogP contribution in [0.15, 0.2) is 0 Å². The van der Waals surface area contributed by atoms with E-state index in [1.807, 2.05) is 0 Å². The molecule has 9 heavy (non-hydrogen) atoms. The van der Waals surface area contributed by atoms with Crippen LogP contribution in [0.2, 0.25) is 0 Å². The second-order valence-electron chi connectivity index (χ2n) is 3.40. The summed E-state index contributed by atoms with van der Waals surface area (Å²) in [6.07, 6.45) is 1.29. The first kappa shape index (κ1) is 7.07. The summed E-state index contributed by atoms with van der Waals surface area (Å²) in [6, 6.07) is 0.621. The van der Waals surface area contributed by atoms with Crippen molar-refractivity contribution in [2.45, 2.75) is 33.2 Å². The van der Waals surface area contributed by atoms with Crippen LogP contribution in [0.3, 0.4) is 0 Å². The summed E-state index contributed by atoms with van der Waals surface area (Å²) in [5.41, 5.74) is 0. The molecule has 1 aliphatic heterocycles. The average molecular weight is 126 g/mol. The van der Waals surface area contributed by atoms with Crippen LogP contribution >= 0.6 is 0 Å². The standard InChI is InChI=1S/C8H16N/c1-6-4-8(3)9-5-7(6)2/h6-8H,4-5H2,1-3H3. The highest BCUT2D eigenvalue weighted by Crippen LogP contribution is 2.21. The van der Waals surface area contributed by atoms with E-state index in [0.29, 0.717) is 6.04 Å². The fraction of sp³-hybridized carbons (Fsp3) is 1.00. The van der Waals surface area contributed by atoms with Gasteiger partial charge in [0.25, 0.3) is 0 Å². The smallest absolute Gasteiger partial charge is 0.0220 e. The molecule has 0 aromatic carbocycles. The molecule has 0 spiro atoms. The molecule has 1 aliphatic rings. The molecule has 0 bridgehead atoms. The lowest BCUT2D eigenvalue weighted by Gasteiger charge is -2.29. The van der Waals surface area contributed by atoms with Crippen molar-refractivity contribution in [2.75, 3.05) is 6.54 Å². The topological polar surface area (TPSA) is 14.1 Å². The molecular weight excluding hydrogens is 110 g/mol. The Balaban J connectivity index is 2.35. The third-order valence-electron chi connectivity index (χ3n) is 2.39. The first-order chi connectivity index (χ1) is 4.20. The highest BCUT2D eigenvalue weighted by molar-refractivity contribution is 4.76. The minimum absolute atomic E-state index is 0.621. The van der Waals surface area contributed by atoms with Gasteiger partial charge in [0.15, 0.2) is 0 Å². The average Bonchev–Trinajstić information content (AvgIpc) is 1.80. The minimum Gasteiger partial charge on any atom is -0.238 e. The normalized spacial score (nSPS) is 45.0. The molecule has 0 saturated carbocycles. The van der Waals surface area contributed by atoms with Crippen LogP contribution in [0, 0.1) is 11.8 Å². The quantitative estimate of drug-likeness (QED) is 0.468. The van der Waals surface area contributed by atoms with Gasteiger partial charge in [-0.2, -0.15) is 0 Å². The summed E-state index contributed by atoms with van der Waals surface area (Å²) in [5.74, 6) is 1.71. The predicted octanol–water partition coefficient (Wildman–Crippen LogP) is 1.66. The van der Waals surface area contributed by atoms with Crippen LogP contribution in [0.25, 0.3) is 0 Å². The molecule has 1 radical (unpaired) electrons. The van der Waals surface area contributed by atoms with Gasteiger partial charge in [0, 0.05) is 12.6 Å². The zero-order valence-electron chi connectivity index (χ0n) is 6.59. The van der Waals surface area contributed by atoms with Gasteiger partial charge >= 0.3 is 0 Å². The fourth-order valence-corrected chi connectivity index (χ4v) is 1.37. The minimum atomic E-state index is 0.621. The lowest BCUT2D eigenvalue weighted by molar-refractivity contribution is 0.246. The van der Waals surface area contributed by atoms with Crippen molar-refractivity contribution in [3.05, 3.63) is 0 Å². The van der Waals surface area contributed by atoms with Gasteiger partial charge in [-0.05, 0) is 25.2 Å². The fourth-order valence-electron chi connectivity index (χ4n) is 1.37. The molecular formula is C8H16N. The van der Waals surface area contributed by atoms with Crippen LogP contribution in [-0.4, -0.2) is 12.6 Å². The Morgan fingerprint density at radius 1 is 1.11 bits per heavy atom. The van der Waals surface area contributed by atoms with Crippen LogP contribution in [0.4, 0.5) is 0 Å². The van der Waals surface area contributed by atoms with E-state index in [1.165, 1.54) is 6.42 Å². The van der Waals surface area contributed by atoms with Crippen LogP contribution < -0.4 is 5.32 Å². The van der Waals surface area contributed by atoms with Crippen molar-refractivity contribution >= 4 is 0 Å². The Kier molecular flexibility index (Phi) is 2.12. The first-order valence-corrected chi connectivity index (χ1v) is 3.86. The maximum atomic E-state index is 4.46. The summed E-state index contributed by atoms with van der Waals surface area (Å²) in [4.78, 5) is 0. The highest BCUT2D eigenvalue weighted by atomic mass is 14.9. The predicted molar refractivity (Wildman–Crippen MR) is 39.4 cm³/mol. The van der Waals surface area contributed by atoms with E-state index < -0.39 is 0 Å². The van der Waals surface area contributed by atoms with Crippen molar-refractivity contribution in [3.8, 4) is 0 Å². The van der Waals surface area contributed by atoms with Crippen LogP contribution in [0.5, 0.6) is 0 Å². The number of hydrogen-bond acceptors (Lipinski definition) is 0. The number of rotatable bonds is 0. The molecule has 0 N–H and O–H groups in total. The molecule has 3 atom stereocenters. The van der Waals surface area contributed by atoms with Gasteiger partial charge in [-0.3, -0.25) is 0 Å². The Morgan fingerprint density at radius 3 is 2.22 bits per heavy atom. The second-order valence-corrected chi connectivity index (χ2v) is 3.40. The Bertz CT molecular complexity index is 90.6. The van der Waals surface area contributed by atoms with Crippen molar-refractivity contribution in [3.63, 3.8) is 0 Å². The summed E-state index contributed by atoms with van der Waals surface area (Å²) >= 11 is 0. The third-order valence-corrected chi connectivity index (χ3v) is 2.39. The monoisotopic (exact) mass is 126 g/mol. The largest absolute Gasteiger partial charge is 0.238 e. The van der Waals surface area contributed by atoms with E-state index in [1.54, 1.807) is 0 Å². The maximum Gasteiger partial charge on any atom is 0.0220 e.